The van der Waals surface area contributed by atoms with Gasteiger partial charge in [-0.3, -0.25) is 9.69 Å². The van der Waals surface area contributed by atoms with Crippen molar-refractivity contribution in [3.63, 3.8) is 0 Å². The summed E-state index contributed by atoms with van der Waals surface area (Å²) in [7, 11) is 0. The largest absolute Gasteiger partial charge is 0.379 e. The maximum atomic E-state index is 13.0. The average molecular weight is 403 g/mol. The van der Waals surface area contributed by atoms with E-state index in [0.717, 1.165) is 45.2 Å². The summed E-state index contributed by atoms with van der Waals surface area (Å²) in [6.45, 7) is 6.63. The number of pyridine rings is 1. The fourth-order valence-electron chi connectivity index (χ4n) is 3.67. The van der Waals surface area contributed by atoms with Gasteiger partial charge in [0.25, 0.3) is 5.91 Å². The first-order chi connectivity index (χ1) is 13.8. The summed E-state index contributed by atoms with van der Waals surface area (Å²) in [5.74, 6) is 0.659. The van der Waals surface area contributed by atoms with Gasteiger partial charge in [-0.25, -0.2) is 4.98 Å². The molecule has 0 spiro atoms. The summed E-state index contributed by atoms with van der Waals surface area (Å²) in [4.78, 5) is 23.3. The highest BCUT2D eigenvalue weighted by Crippen LogP contribution is 2.26. The quantitative estimate of drug-likeness (QED) is 0.795. The van der Waals surface area contributed by atoms with Crippen LogP contribution in [0.3, 0.4) is 0 Å². The van der Waals surface area contributed by atoms with Crippen LogP contribution in [-0.2, 0) is 9.47 Å². The van der Waals surface area contributed by atoms with Crippen LogP contribution >= 0.6 is 11.3 Å². The predicted octanol–water partition coefficient (Wildman–Crippen LogP) is 1.78. The van der Waals surface area contributed by atoms with Crippen molar-refractivity contribution in [1.29, 1.82) is 0 Å². The Morgan fingerprint density at radius 1 is 1.11 bits per heavy atom. The van der Waals surface area contributed by atoms with E-state index < -0.39 is 0 Å². The highest BCUT2D eigenvalue weighted by atomic mass is 32.1. The lowest BCUT2D eigenvalue weighted by molar-refractivity contribution is 0.0169. The first-order valence-electron chi connectivity index (χ1n) is 9.74. The molecule has 2 aliphatic heterocycles. The number of carbonyl (C=O) groups is 1. The van der Waals surface area contributed by atoms with Crippen LogP contribution in [0.1, 0.15) is 21.3 Å². The van der Waals surface area contributed by atoms with E-state index in [4.69, 9.17) is 9.47 Å². The third-order valence-corrected chi connectivity index (χ3v) is 6.13. The van der Waals surface area contributed by atoms with Gasteiger partial charge in [0.1, 0.15) is 5.82 Å². The number of aromatic nitrogens is 1. The van der Waals surface area contributed by atoms with Crippen LogP contribution in [0.4, 0.5) is 5.82 Å². The lowest BCUT2D eigenvalue weighted by atomic mass is 10.1. The summed E-state index contributed by atoms with van der Waals surface area (Å²) in [6.07, 6.45) is 1.74. The van der Waals surface area contributed by atoms with E-state index in [9.17, 15) is 4.79 Å². The lowest BCUT2D eigenvalue weighted by Crippen LogP contribution is -2.44. The zero-order chi connectivity index (χ0) is 19.2. The minimum atomic E-state index is -0.0793. The van der Waals surface area contributed by atoms with Crippen LogP contribution in [0.25, 0.3) is 0 Å². The second kappa shape index (κ2) is 9.47. The number of nitrogens with zero attached hydrogens (tertiary/aromatic N) is 3. The Hall–Kier alpha value is -2.00. The van der Waals surface area contributed by atoms with Gasteiger partial charge >= 0.3 is 0 Å². The first kappa shape index (κ1) is 19.3. The van der Waals surface area contributed by atoms with E-state index in [2.05, 4.69) is 37.6 Å². The Labute approximate surface area is 169 Å². The molecule has 1 atom stereocenters. The molecule has 0 aliphatic carbocycles. The molecule has 0 radical (unpaired) electrons. The summed E-state index contributed by atoms with van der Waals surface area (Å²) in [5, 5.41) is 5.24. The molecule has 1 amide bonds. The molecular formula is C20H26N4O3S. The van der Waals surface area contributed by atoms with E-state index in [1.54, 1.807) is 17.5 Å². The third-order valence-electron chi connectivity index (χ3n) is 5.16. The standard InChI is InChI=1S/C20H26N4O3S/c25-20(16-3-1-5-21-19(16)24-8-12-27-13-9-24)22-15-17(18-4-2-14-28-18)23-6-10-26-11-7-23/h1-5,14,17H,6-13,15H2,(H,22,25). The average Bonchev–Trinajstić information content (AvgIpc) is 3.30. The molecule has 28 heavy (non-hydrogen) atoms. The van der Waals surface area contributed by atoms with E-state index >= 15 is 0 Å². The fourth-order valence-corrected chi connectivity index (χ4v) is 4.53. The normalized spacial score (nSPS) is 19.4. The van der Waals surface area contributed by atoms with Crippen LogP contribution in [0.15, 0.2) is 35.8 Å². The number of thiophene rings is 1. The van der Waals surface area contributed by atoms with Gasteiger partial charge in [-0.1, -0.05) is 6.07 Å². The molecule has 4 heterocycles. The number of morpholine rings is 2. The van der Waals surface area contributed by atoms with Crippen molar-refractivity contribution in [2.24, 2.45) is 0 Å². The molecule has 2 aliphatic rings. The summed E-state index contributed by atoms with van der Waals surface area (Å²) in [5.41, 5.74) is 0.622. The molecule has 0 bridgehead atoms. The Balaban J connectivity index is 1.46. The summed E-state index contributed by atoms with van der Waals surface area (Å²) < 4.78 is 10.9. The lowest BCUT2D eigenvalue weighted by Gasteiger charge is -2.34. The number of nitrogens with one attached hydrogen (secondary N) is 1. The zero-order valence-electron chi connectivity index (χ0n) is 15.9. The topological polar surface area (TPSA) is 66.9 Å². The highest BCUT2D eigenvalue weighted by molar-refractivity contribution is 7.10. The molecule has 1 unspecified atom stereocenters. The van der Waals surface area contributed by atoms with E-state index in [1.807, 2.05) is 12.1 Å². The SMILES string of the molecule is O=C(NCC(c1cccs1)N1CCOCC1)c1cccnc1N1CCOCC1. The van der Waals surface area contributed by atoms with Crippen molar-refractivity contribution in [1.82, 2.24) is 15.2 Å². The van der Waals surface area contributed by atoms with Gasteiger partial charge in [0.05, 0.1) is 38.0 Å². The second-order valence-electron chi connectivity index (χ2n) is 6.86. The molecular weight excluding hydrogens is 376 g/mol. The molecule has 1 N–H and O–H groups in total. The van der Waals surface area contributed by atoms with Gasteiger partial charge in [0.2, 0.25) is 0 Å². The fraction of sp³-hybridized carbons (Fsp3) is 0.500. The summed E-state index contributed by atoms with van der Waals surface area (Å²) in [6, 6.07) is 8.03. The molecule has 7 nitrogen and oxygen atoms in total. The minimum absolute atomic E-state index is 0.0793. The number of hydrogen-bond donors (Lipinski definition) is 1. The number of hydrogen-bond acceptors (Lipinski definition) is 7. The Morgan fingerprint density at radius 2 is 1.86 bits per heavy atom. The molecule has 2 saturated heterocycles. The molecule has 8 heteroatoms. The molecule has 2 fully saturated rings. The van der Waals surface area contributed by atoms with Crippen molar-refractivity contribution >= 4 is 23.1 Å². The molecule has 0 saturated carbocycles. The molecule has 2 aromatic heterocycles. The maximum Gasteiger partial charge on any atom is 0.255 e. The van der Waals surface area contributed by atoms with Crippen molar-refractivity contribution in [2.45, 2.75) is 6.04 Å². The van der Waals surface area contributed by atoms with Crippen LogP contribution in [-0.4, -0.2) is 74.9 Å². The number of rotatable bonds is 6. The Bertz CT molecular complexity index is 759. The predicted molar refractivity (Wildman–Crippen MR) is 109 cm³/mol. The number of ether oxygens (including phenoxy) is 2. The Morgan fingerprint density at radius 3 is 2.57 bits per heavy atom. The monoisotopic (exact) mass is 402 g/mol. The smallest absolute Gasteiger partial charge is 0.255 e. The van der Waals surface area contributed by atoms with Crippen LogP contribution in [0.2, 0.25) is 0 Å². The van der Waals surface area contributed by atoms with Crippen molar-refractivity contribution in [3.05, 3.63) is 46.3 Å². The van der Waals surface area contributed by atoms with E-state index in [0.29, 0.717) is 25.3 Å². The third kappa shape index (κ3) is 4.52. The summed E-state index contributed by atoms with van der Waals surface area (Å²) >= 11 is 1.73. The van der Waals surface area contributed by atoms with Crippen LogP contribution in [0.5, 0.6) is 0 Å². The van der Waals surface area contributed by atoms with Crippen LogP contribution < -0.4 is 10.2 Å². The van der Waals surface area contributed by atoms with E-state index in [1.165, 1.54) is 4.88 Å². The van der Waals surface area contributed by atoms with Crippen molar-refractivity contribution in [3.8, 4) is 0 Å². The van der Waals surface area contributed by atoms with Crippen molar-refractivity contribution < 1.29 is 14.3 Å². The van der Waals surface area contributed by atoms with Gasteiger partial charge in [-0.05, 0) is 23.6 Å². The van der Waals surface area contributed by atoms with Gasteiger partial charge in [-0.2, -0.15) is 0 Å². The Kier molecular flexibility index (Phi) is 6.53. The number of anilines is 1. The molecule has 150 valence electrons. The molecule has 4 rings (SSSR count). The number of carbonyl (C=O) groups excluding carboxylic acids is 1. The van der Waals surface area contributed by atoms with Crippen molar-refractivity contribution in [2.75, 3.05) is 64.1 Å². The molecule has 2 aromatic rings. The minimum Gasteiger partial charge on any atom is -0.379 e. The van der Waals surface area contributed by atoms with Gasteiger partial charge in [0, 0.05) is 43.8 Å². The molecule has 0 aromatic carbocycles. The zero-order valence-corrected chi connectivity index (χ0v) is 16.7. The van der Waals surface area contributed by atoms with Gasteiger partial charge in [0.15, 0.2) is 0 Å². The first-order valence-corrected chi connectivity index (χ1v) is 10.6. The van der Waals surface area contributed by atoms with E-state index in [-0.39, 0.29) is 11.9 Å². The second-order valence-corrected chi connectivity index (χ2v) is 7.84. The van der Waals surface area contributed by atoms with Crippen LogP contribution in [0, 0.1) is 0 Å². The maximum absolute atomic E-state index is 13.0. The number of amides is 1. The van der Waals surface area contributed by atoms with Gasteiger partial charge in [-0.15, -0.1) is 11.3 Å². The van der Waals surface area contributed by atoms with Gasteiger partial charge < -0.3 is 19.7 Å². The highest BCUT2D eigenvalue weighted by Gasteiger charge is 2.25.